The van der Waals surface area contributed by atoms with Crippen LogP contribution in [0.2, 0.25) is 0 Å². The van der Waals surface area contributed by atoms with Gasteiger partial charge in [-0.3, -0.25) is 0 Å². The highest BCUT2D eigenvalue weighted by Crippen LogP contribution is 2.03. The zero-order valence-electron chi connectivity index (χ0n) is 7.42. The average Bonchev–Trinajstić information content (AvgIpc) is 1.96. The number of aliphatic hydroxyl groups is 1. The molecule has 2 heteroatoms. The summed E-state index contributed by atoms with van der Waals surface area (Å²) in [6, 6.07) is 0. The molecule has 1 unspecified atom stereocenters. The normalized spacial score (nSPS) is 13.7. The van der Waals surface area contributed by atoms with Gasteiger partial charge in [0.05, 0.1) is 19.5 Å². The zero-order chi connectivity index (χ0) is 8.53. The Labute approximate surface area is 68.9 Å². The molecule has 0 aromatic heterocycles. The highest BCUT2D eigenvalue weighted by molar-refractivity contribution is 4.72. The first-order valence-electron chi connectivity index (χ1n) is 4.13. The van der Waals surface area contributed by atoms with E-state index in [2.05, 4.69) is 0 Å². The van der Waals surface area contributed by atoms with Gasteiger partial charge in [-0.15, -0.1) is 0 Å². The molecule has 0 aliphatic heterocycles. The number of ether oxygens (including phenoxy) is 1. The van der Waals surface area contributed by atoms with Gasteiger partial charge in [-0.25, -0.2) is 0 Å². The van der Waals surface area contributed by atoms with Gasteiger partial charge in [0.2, 0.25) is 0 Å². The SMILES string of the molecule is COC=CCCCCC(C)O. The molecule has 0 saturated heterocycles. The van der Waals surface area contributed by atoms with Gasteiger partial charge in [-0.05, 0) is 32.3 Å². The van der Waals surface area contributed by atoms with Crippen LogP contribution in [-0.4, -0.2) is 18.3 Å². The van der Waals surface area contributed by atoms with Crippen LogP contribution < -0.4 is 0 Å². The molecule has 0 bridgehead atoms. The Morgan fingerprint density at radius 3 is 2.73 bits per heavy atom. The Bertz CT molecular complexity index is 97.7. The van der Waals surface area contributed by atoms with E-state index in [1.807, 2.05) is 13.0 Å². The second-order valence-corrected chi connectivity index (χ2v) is 2.74. The molecule has 2 nitrogen and oxygen atoms in total. The van der Waals surface area contributed by atoms with E-state index < -0.39 is 0 Å². The minimum absolute atomic E-state index is 0.151. The Morgan fingerprint density at radius 1 is 1.45 bits per heavy atom. The largest absolute Gasteiger partial charge is 0.505 e. The summed E-state index contributed by atoms with van der Waals surface area (Å²) in [5, 5.41) is 8.91. The van der Waals surface area contributed by atoms with Gasteiger partial charge < -0.3 is 9.84 Å². The summed E-state index contributed by atoms with van der Waals surface area (Å²) in [5.41, 5.74) is 0. The standard InChI is InChI=1S/C9H18O2/c1-9(10)7-5-3-4-6-8-11-2/h6,8-10H,3-5,7H2,1-2H3. The third-order valence-electron chi connectivity index (χ3n) is 1.47. The van der Waals surface area contributed by atoms with Crippen molar-refractivity contribution >= 4 is 0 Å². The fourth-order valence-electron chi connectivity index (χ4n) is 0.866. The lowest BCUT2D eigenvalue weighted by molar-refractivity contribution is 0.181. The predicted molar refractivity (Wildman–Crippen MR) is 46.3 cm³/mol. The molecule has 1 atom stereocenters. The van der Waals surface area contributed by atoms with Gasteiger partial charge >= 0.3 is 0 Å². The minimum atomic E-state index is -0.151. The molecule has 0 aromatic carbocycles. The van der Waals surface area contributed by atoms with Crippen LogP contribution >= 0.6 is 0 Å². The zero-order valence-corrected chi connectivity index (χ0v) is 7.42. The van der Waals surface area contributed by atoms with E-state index in [0.29, 0.717) is 0 Å². The molecular weight excluding hydrogens is 140 g/mol. The van der Waals surface area contributed by atoms with Crippen molar-refractivity contribution in [2.75, 3.05) is 7.11 Å². The van der Waals surface area contributed by atoms with Crippen molar-refractivity contribution in [1.82, 2.24) is 0 Å². The van der Waals surface area contributed by atoms with Crippen LogP contribution in [0.25, 0.3) is 0 Å². The summed E-state index contributed by atoms with van der Waals surface area (Å²) < 4.78 is 4.74. The molecule has 0 heterocycles. The van der Waals surface area contributed by atoms with E-state index in [4.69, 9.17) is 9.84 Å². The number of aliphatic hydroxyl groups excluding tert-OH is 1. The van der Waals surface area contributed by atoms with Crippen LogP contribution in [0, 0.1) is 0 Å². The molecule has 1 N–H and O–H groups in total. The fraction of sp³-hybridized carbons (Fsp3) is 0.778. The number of unbranched alkanes of at least 4 members (excludes halogenated alkanes) is 2. The molecule has 0 saturated carbocycles. The molecule has 0 radical (unpaired) electrons. The Balaban J connectivity index is 2.96. The van der Waals surface area contributed by atoms with Crippen LogP contribution in [-0.2, 0) is 4.74 Å². The first kappa shape index (κ1) is 10.5. The van der Waals surface area contributed by atoms with Gasteiger partial charge in [0, 0.05) is 0 Å². The summed E-state index contributed by atoms with van der Waals surface area (Å²) in [6.07, 6.45) is 7.71. The van der Waals surface area contributed by atoms with E-state index in [-0.39, 0.29) is 6.10 Å². The fourth-order valence-corrected chi connectivity index (χ4v) is 0.866. The number of methoxy groups -OCH3 is 1. The maximum Gasteiger partial charge on any atom is 0.0784 e. The van der Waals surface area contributed by atoms with E-state index in [0.717, 1.165) is 25.7 Å². The highest BCUT2D eigenvalue weighted by atomic mass is 16.5. The lowest BCUT2D eigenvalue weighted by Gasteiger charge is -2.00. The maximum absolute atomic E-state index is 8.91. The van der Waals surface area contributed by atoms with Crippen molar-refractivity contribution in [1.29, 1.82) is 0 Å². The molecule has 0 spiro atoms. The summed E-state index contributed by atoms with van der Waals surface area (Å²) in [7, 11) is 1.65. The van der Waals surface area contributed by atoms with Gasteiger partial charge in [0.1, 0.15) is 0 Å². The molecule has 66 valence electrons. The summed E-state index contributed by atoms with van der Waals surface area (Å²) in [4.78, 5) is 0. The third kappa shape index (κ3) is 9.50. The van der Waals surface area contributed by atoms with Crippen molar-refractivity contribution in [3.05, 3.63) is 12.3 Å². The van der Waals surface area contributed by atoms with Crippen molar-refractivity contribution < 1.29 is 9.84 Å². The molecular formula is C9H18O2. The van der Waals surface area contributed by atoms with Gasteiger partial charge in [0.25, 0.3) is 0 Å². The predicted octanol–water partition coefficient (Wildman–Crippen LogP) is 2.09. The summed E-state index contributed by atoms with van der Waals surface area (Å²) in [6.45, 7) is 1.82. The first-order chi connectivity index (χ1) is 5.27. The van der Waals surface area contributed by atoms with Crippen LogP contribution in [0.15, 0.2) is 12.3 Å². The minimum Gasteiger partial charge on any atom is -0.505 e. The van der Waals surface area contributed by atoms with Crippen molar-refractivity contribution in [2.45, 2.75) is 38.7 Å². The smallest absolute Gasteiger partial charge is 0.0784 e. The molecule has 0 aliphatic carbocycles. The lowest BCUT2D eigenvalue weighted by Crippen LogP contribution is -1.97. The van der Waals surface area contributed by atoms with Crippen molar-refractivity contribution in [2.24, 2.45) is 0 Å². The monoisotopic (exact) mass is 158 g/mol. The second-order valence-electron chi connectivity index (χ2n) is 2.74. The first-order valence-corrected chi connectivity index (χ1v) is 4.13. The van der Waals surface area contributed by atoms with Crippen LogP contribution in [0.5, 0.6) is 0 Å². The number of rotatable bonds is 6. The van der Waals surface area contributed by atoms with E-state index in [1.165, 1.54) is 0 Å². The quantitative estimate of drug-likeness (QED) is 0.473. The molecule has 0 aromatic rings. The summed E-state index contributed by atoms with van der Waals surface area (Å²) >= 11 is 0. The molecule has 0 aliphatic rings. The Morgan fingerprint density at radius 2 is 2.18 bits per heavy atom. The number of allylic oxidation sites excluding steroid dienone is 1. The lowest BCUT2D eigenvalue weighted by atomic mass is 10.1. The molecule has 11 heavy (non-hydrogen) atoms. The van der Waals surface area contributed by atoms with Crippen molar-refractivity contribution in [3.63, 3.8) is 0 Å². The molecule has 0 rings (SSSR count). The maximum atomic E-state index is 8.91. The average molecular weight is 158 g/mol. The van der Waals surface area contributed by atoms with Gasteiger partial charge in [-0.1, -0.05) is 6.42 Å². The number of hydrogen-bond donors (Lipinski definition) is 1. The van der Waals surface area contributed by atoms with Gasteiger partial charge in [-0.2, -0.15) is 0 Å². The Kier molecular flexibility index (Phi) is 7.26. The molecule has 0 amide bonds. The van der Waals surface area contributed by atoms with E-state index in [9.17, 15) is 0 Å². The summed E-state index contributed by atoms with van der Waals surface area (Å²) in [5.74, 6) is 0. The van der Waals surface area contributed by atoms with Crippen molar-refractivity contribution in [3.8, 4) is 0 Å². The number of hydrogen-bond acceptors (Lipinski definition) is 2. The van der Waals surface area contributed by atoms with E-state index >= 15 is 0 Å². The van der Waals surface area contributed by atoms with Crippen LogP contribution in [0.3, 0.4) is 0 Å². The van der Waals surface area contributed by atoms with Crippen LogP contribution in [0.1, 0.15) is 32.6 Å². The van der Waals surface area contributed by atoms with Crippen LogP contribution in [0.4, 0.5) is 0 Å². The van der Waals surface area contributed by atoms with E-state index in [1.54, 1.807) is 13.4 Å². The molecule has 0 fully saturated rings. The topological polar surface area (TPSA) is 29.5 Å². The highest BCUT2D eigenvalue weighted by Gasteiger charge is 1.93. The third-order valence-corrected chi connectivity index (χ3v) is 1.47. The second kappa shape index (κ2) is 7.61. The Hall–Kier alpha value is -0.500. The van der Waals surface area contributed by atoms with Gasteiger partial charge in [0.15, 0.2) is 0 Å².